The highest BCUT2D eigenvalue weighted by atomic mass is 16.5. The number of benzene rings is 2. The summed E-state index contributed by atoms with van der Waals surface area (Å²) >= 11 is 0. The number of primary amides is 1. The first-order valence-corrected chi connectivity index (χ1v) is 32.8. The Bertz CT molecular complexity index is 3880. The van der Waals surface area contributed by atoms with E-state index in [2.05, 4.69) is 52.8 Å². The van der Waals surface area contributed by atoms with Gasteiger partial charge in [-0.3, -0.25) is 91.1 Å². The summed E-state index contributed by atoms with van der Waals surface area (Å²) in [6.07, 6.45) is -8.36. The summed E-state index contributed by atoms with van der Waals surface area (Å²) < 4.78 is 5.64. The number of esters is 1. The van der Waals surface area contributed by atoms with Crippen molar-refractivity contribution in [1.29, 1.82) is 0 Å². The van der Waals surface area contributed by atoms with Gasteiger partial charge in [0.2, 0.25) is 82.7 Å². The third-order valence-electron chi connectivity index (χ3n) is 15.9. The second-order valence-electron chi connectivity index (χ2n) is 24.5. The molecule has 1 saturated heterocycles. The van der Waals surface area contributed by atoms with Gasteiger partial charge in [-0.25, -0.2) is 4.79 Å². The zero-order chi connectivity index (χ0) is 80.1. The smallest absolute Gasteiger partial charge is 0.329 e. The third-order valence-corrected chi connectivity index (χ3v) is 15.9. The molecule has 43 nitrogen and oxygen atoms in total. The molecular formula is C64H85N17O26. The number of Topliss-reactive ketones (excluding diaryl/α,β-unsaturated/α-hetero) is 1. The van der Waals surface area contributed by atoms with Crippen LogP contribution in [-0.2, 0) is 102 Å². The van der Waals surface area contributed by atoms with Crippen molar-refractivity contribution in [3.63, 3.8) is 0 Å². The van der Waals surface area contributed by atoms with Gasteiger partial charge in [0.05, 0.1) is 51.8 Å². The maximum atomic E-state index is 14.7. The molecule has 4 rings (SSSR count). The van der Waals surface area contributed by atoms with E-state index in [1.54, 1.807) is 24.3 Å². The largest absolute Gasteiger partial charge is 0.481 e. The minimum absolute atomic E-state index is 0.0941. The fourth-order valence-electron chi connectivity index (χ4n) is 10.5. The Kier molecular flexibility index (Phi) is 33.7. The van der Waals surface area contributed by atoms with Gasteiger partial charge in [-0.1, -0.05) is 37.3 Å². The Morgan fingerprint density at radius 2 is 1.10 bits per heavy atom. The Balaban J connectivity index is 1.88. The normalized spacial score (nSPS) is 21.9. The molecule has 13 atom stereocenters. The molecule has 0 bridgehead atoms. The summed E-state index contributed by atoms with van der Waals surface area (Å²) in [4.78, 5) is 273. The Hall–Kier alpha value is -12.7. The highest BCUT2D eigenvalue weighted by molar-refractivity contribution is 6.05. The molecule has 1 aliphatic rings. The lowest BCUT2D eigenvalue weighted by Crippen LogP contribution is -2.62. The van der Waals surface area contributed by atoms with Crippen LogP contribution in [-0.4, -0.2) is 248 Å². The molecule has 14 amide bonds. The first kappa shape index (κ1) is 86.7. The molecule has 0 saturated carbocycles. The number of carboxylic acid groups (broad SMARTS) is 4. The number of nitrogen functional groups attached to an aromatic ring is 1. The van der Waals surface area contributed by atoms with Crippen molar-refractivity contribution >= 4 is 135 Å². The summed E-state index contributed by atoms with van der Waals surface area (Å²) in [5.74, 6) is -30.0. The number of anilines is 1. The number of hydrogen-bond donors (Lipinski definition) is 22. The molecule has 2 aromatic carbocycles. The van der Waals surface area contributed by atoms with Crippen LogP contribution in [0.25, 0.3) is 10.9 Å². The average molecular weight is 1510 g/mol. The predicted octanol–water partition coefficient (Wildman–Crippen LogP) is -8.74. The first-order chi connectivity index (χ1) is 50.3. The lowest BCUT2D eigenvalue weighted by molar-refractivity contribution is -0.156. The molecule has 0 aliphatic carbocycles. The number of aromatic nitrogens is 1. The monoisotopic (exact) mass is 1510 g/mol. The molecule has 3 aromatic rings. The van der Waals surface area contributed by atoms with Crippen molar-refractivity contribution in [3.8, 4) is 0 Å². The maximum Gasteiger partial charge on any atom is 0.329 e. The van der Waals surface area contributed by atoms with Crippen LogP contribution in [0.4, 0.5) is 5.69 Å². The van der Waals surface area contributed by atoms with E-state index in [0.717, 1.165) is 27.7 Å². The number of hydrogen-bond acceptors (Lipinski definition) is 24. The average Bonchev–Trinajstić information content (AvgIpc) is 1.44. The van der Waals surface area contributed by atoms with Gasteiger partial charge in [-0.15, -0.1) is 0 Å². The van der Waals surface area contributed by atoms with E-state index >= 15 is 0 Å². The van der Waals surface area contributed by atoms with Crippen molar-refractivity contribution in [2.24, 2.45) is 17.4 Å². The van der Waals surface area contributed by atoms with E-state index in [4.69, 9.17) is 21.9 Å². The van der Waals surface area contributed by atoms with Crippen molar-refractivity contribution in [2.75, 3.05) is 32.0 Å². The number of para-hydroxylation sites is 2. The van der Waals surface area contributed by atoms with E-state index in [1.165, 1.54) is 30.5 Å². The minimum atomic E-state index is -2.45. The van der Waals surface area contributed by atoms with Gasteiger partial charge < -0.3 is 122 Å². The van der Waals surface area contributed by atoms with E-state index in [1.807, 2.05) is 21.3 Å². The Labute approximate surface area is 606 Å². The summed E-state index contributed by atoms with van der Waals surface area (Å²) in [5.41, 5.74) is 17.9. The van der Waals surface area contributed by atoms with Crippen LogP contribution in [0.3, 0.4) is 0 Å². The van der Waals surface area contributed by atoms with Gasteiger partial charge >= 0.3 is 29.8 Å². The topological polar surface area (TPSA) is 702 Å². The quantitative estimate of drug-likeness (QED) is 0.0191. The molecule has 43 heteroatoms. The van der Waals surface area contributed by atoms with E-state index < -0.39 is 261 Å². The number of ether oxygens (including phenoxy) is 1. The fourth-order valence-corrected chi connectivity index (χ4v) is 10.5. The Morgan fingerprint density at radius 3 is 1.68 bits per heavy atom. The SMILES string of the molecule is CC(=O)N[C@H](Cc1c[nH]c2ccccc12)C(=O)N[C@@H](CC(N)=O)C(=O)NC(CC(=O)O)C(=O)NC1C(=O)NCC(=O)NC(CCCN)C(=O)NC(CC(=O)O)C(=O)NC(C)C(=O)NC(CC(=O)O)C(=O)NCC(=O)NC(CO)C(=O)NC(C(C)CC(=O)O)C(=O)NC(CC(=O)c2ccccc2N)C(=O)OC1C. The van der Waals surface area contributed by atoms with E-state index in [0.29, 0.717) is 16.5 Å². The van der Waals surface area contributed by atoms with Crippen LogP contribution in [0, 0.1) is 5.92 Å². The summed E-state index contributed by atoms with van der Waals surface area (Å²) in [6.45, 7) is 0.0906. The molecule has 25 N–H and O–H groups in total. The van der Waals surface area contributed by atoms with Crippen LogP contribution < -0.4 is 86.3 Å². The number of fused-ring (bicyclic) bond motifs is 1. The fraction of sp³-hybridized carbons (Fsp3) is 0.469. The summed E-state index contributed by atoms with van der Waals surface area (Å²) in [5, 5.41) is 77.8. The highest BCUT2D eigenvalue weighted by Gasteiger charge is 2.41. The second-order valence-corrected chi connectivity index (χ2v) is 24.5. The summed E-state index contributed by atoms with van der Waals surface area (Å²) in [6, 6.07) is -10.7. The van der Waals surface area contributed by atoms with Crippen molar-refractivity contribution in [3.05, 3.63) is 65.9 Å². The van der Waals surface area contributed by atoms with E-state index in [-0.39, 0.29) is 30.6 Å². The van der Waals surface area contributed by atoms with Gasteiger partial charge in [0.1, 0.15) is 72.6 Å². The molecular weight excluding hydrogens is 1420 g/mol. The molecule has 1 fully saturated rings. The van der Waals surface area contributed by atoms with Crippen molar-refractivity contribution in [1.82, 2.24) is 74.1 Å². The number of H-pyrrole nitrogens is 1. The van der Waals surface area contributed by atoms with Crippen molar-refractivity contribution in [2.45, 2.75) is 158 Å². The first-order valence-electron chi connectivity index (χ1n) is 32.8. The van der Waals surface area contributed by atoms with Crippen LogP contribution in [0.5, 0.6) is 0 Å². The van der Waals surface area contributed by atoms with Gasteiger partial charge in [0.25, 0.3) is 0 Å². The lowest BCUT2D eigenvalue weighted by Gasteiger charge is -2.30. The molecule has 11 unspecified atom stereocenters. The number of carbonyl (C=O) groups excluding carboxylic acids is 16. The van der Waals surface area contributed by atoms with Crippen LogP contribution >= 0.6 is 0 Å². The number of aliphatic carboxylic acids is 4. The number of nitrogens with two attached hydrogens (primary N) is 3. The molecule has 107 heavy (non-hydrogen) atoms. The number of amides is 14. The number of aliphatic hydroxyl groups excluding tert-OH is 1. The number of ketones is 1. The second kappa shape index (κ2) is 41.6. The zero-order valence-corrected chi connectivity index (χ0v) is 57.9. The van der Waals surface area contributed by atoms with E-state index in [9.17, 15) is 121 Å². The number of cyclic esters (lactones) is 1. The van der Waals surface area contributed by atoms with Gasteiger partial charge in [0.15, 0.2) is 5.78 Å². The number of carbonyl (C=O) groups is 20. The minimum Gasteiger partial charge on any atom is -0.481 e. The van der Waals surface area contributed by atoms with Crippen LogP contribution in [0.1, 0.15) is 95.0 Å². The number of nitrogens with one attached hydrogen (secondary N) is 14. The highest BCUT2D eigenvalue weighted by Crippen LogP contribution is 2.21. The Morgan fingerprint density at radius 1 is 0.570 bits per heavy atom. The molecule has 582 valence electrons. The number of rotatable bonds is 27. The van der Waals surface area contributed by atoms with Gasteiger partial charge in [-0.2, -0.15) is 0 Å². The summed E-state index contributed by atoms with van der Waals surface area (Å²) in [7, 11) is 0. The number of aromatic amines is 1. The van der Waals surface area contributed by atoms with Gasteiger partial charge in [-0.05, 0) is 62.9 Å². The number of carboxylic acids is 4. The molecule has 1 aromatic heterocycles. The molecule has 2 heterocycles. The van der Waals surface area contributed by atoms with Crippen LogP contribution in [0.15, 0.2) is 54.7 Å². The number of aliphatic hydroxyl groups is 1. The molecule has 0 spiro atoms. The molecule has 1 aliphatic heterocycles. The third kappa shape index (κ3) is 28.1. The lowest BCUT2D eigenvalue weighted by atomic mass is 9.96. The predicted molar refractivity (Wildman–Crippen MR) is 363 cm³/mol. The maximum absolute atomic E-state index is 14.7. The van der Waals surface area contributed by atoms with Crippen molar-refractivity contribution < 1.29 is 126 Å². The zero-order valence-electron chi connectivity index (χ0n) is 57.9. The molecule has 0 radical (unpaired) electrons. The van der Waals surface area contributed by atoms with Gasteiger partial charge in [0, 0.05) is 48.1 Å². The van der Waals surface area contributed by atoms with Crippen LogP contribution in [0.2, 0.25) is 0 Å². The standard InChI is InChI=1S/C64H85N17O26/c1-27(16-48(88)89)52-63(105)79-42(18-44(84)33-11-5-7-12-34(33)66)64(106)107-29(3)53(81-60(102)41(22-51(94)95)78-59(101)38(19-45(67)85)76-58(100)37(72-30(4)83)17-31-23-68-35-13-8-6-10-32(31)35)62(104)70-25-46(86)73-36(14-9-15-65)56(98)77-40(21-50(92)93)57(99)71-28(2)54(96)75-39(20-49(90)91)55(97)69-24-47(87)74-43(26-82)61(103)80-52/h5-8,10-13,23,27-29,36-43,52-53,68,82H,9,14-22,24-26,65-66H2,1-4H3,(H2,67,85)(H,69,97)(H,70,104)(H,71,99)(H,72,83)(H,73,86)(H,74,87)(H,75,96)(H,76,100)(H,77,98)(H,78,101)(H,79,105)(H,80,103)(H,81,102)(H,88,89)(H,90,91)(H,92,93)(H,94,95)/t27?,28?,29?,36?,37-,38+,39?,40?,41?,42?,43?,52?,53?/m1/s1.